The molecule has 1 N–H and O–H groups in total. The van der Waals surface area contributed by atoms with Crippen molar-refractivity contribution in [1.29, 1.82) is 0 Å². The summed E-state index contributed by atoms with van der Waals surface area (Å²) in [5.41, 5.74) is -0.0304. The summed E-state index contributed by atoms with van der Waals surface area (Å²) in [4.78, 5) is 36.8. The van der Waals surface area contributed by atoms with E-state index in [-0.39, 0.29) is 28.6 Å². The van der Waals surface area contributed by atoms with Crippen LogP contribution in [0, 0.1) is 45.8 Å². The van der Waals surface area contributed by atoms with Gasteiger partial charge in [0, 0.05) is 31.1 Å². The Morgan fingerprint density at radius 3 is 2.41 bits per heavy atom. The lowest BCUT2D eigenvalue weighted by Crippen LogP contribution is -2.62. The number of carbonyl (C=O) groups is 3. The van der Waals surface area contributed by atoms with Gasteiger partial charge in [-0.15, -0.1) is 0 Å². The van der Waals surface area contributed by atoms with E-state index in [9.17, 15) is 14.4 Å². The number of rotatable bonds is 4. The smallest absolute Gasteiger partial charge is 0.303 e. The molecule has 0 saturated heterocycles. The molecule has 0 bridgehead atoms. The van der Waals surface area contributed by atoms with E-state index in [0.717, 1.165) is 38.5 Å². The molecule has 4 nitrogen and oxygen atoms in total. The lowest BCUT2D eigenvalue weighted by atomic mass is 9.39. The fraction of sp³-hybridized carbons (Fsp3) is 0.880. The molecule has 0 spiro atoms. The Labute approximate surface area is 175 Å². The quantitative estimate of drug-likeness (QED) is 0.694. The van der Waals surface area contributed by atoms with E-state index in [1.807, 2.05) is 0 Å². The van der Waals surface area contributed by atoms with E-state index >= 15 is 0 Å². The van der Waals surface area contributed by atoms with Gasteiger partial charge in [-0.1, -0.05) is 27.7 Å². The van der Waals surface area contributed by atoms with Gasteiger partial charge in [0.1, 0.15) is 11.6 Å². The number of hydrogen-bond donors (Lipinski definition) is 1. The highest BCUT2D eigenvalue weighted by Gasteiger charge is 2.68. The Balaban J connectivity index is 1.63. The Morgan fingerprint density at radius 1 is 1.03 bits per heavy atom. The standard InChI is InChI=1S/C25H38O4/c1-15(5-8-22(28)29)18-6-7-19-24(18,3)12-10-20-23(2)11-9-17(26)13-16(23)14-21(27)25(19,20)4/h15-16,18-20H,5-14H2,1-4H3,(H,28,29)/t15-,16+,18-,19?,20?,23+,24-,25+/m1/s1. The van der Waals surface area contributed by atoms with Crippen molar-refractivity contribution in [2.75, 3.05) is 0 Å². The van der Waals surface area contributed by atoms with Crippen molar-refractivity contribution in [3.05, 3.63) is 0 Å². The lowest BCUT2D eigenvalue weighted by Gasteiger charge is -2.64. The van der Waals surface area contributed by atoms with Crippen molar-refractivity contribution in [3.63, 3.8) is 0 Å². The Kier molecular flexibility index (Phi) is 5.02. The molecule has 0 aromatic carbocycles. The van der Waals surface area contributed by atoms with Crippen LogP contribution in [0.15, 0.2) is 0 Å². The highest BCUT2D eigenvalue weighted by Crippen LogP contribution is 2.71. The summed E-state index contributed by atoms with van der Waals surface area (Å²) in [6, 6.07) is 0. The molecule has 4 saturated carbocycles. The van der Waals surface area contributed by atoms with Crippen LogP contribution in [-0.2, 0) is 14.4 Å². The van der Waals surface area contributed by atoms with Crippen LogP contribution in [0.5, 0.6) is 0 Å². The maximum Gasteiger partial charge on any atom is 0.303 e. The van der Waals surface area contributed by atoms with Gasteiger partial charge in [0.25, 0.3) is 0 Å². The van der Waals surface area contributed by atoms with Crippen LogP contribution < -0.4 is 0 Å². The number of aliphatic carboxylic acids is 1. The van der Waals surface area contributed by atoms with Crippen molar-refractivity contribution < 1.29 is 19.5 Å². The molecule has 0 radical (unpaired) electrons. The van der Waals surface area contributed by atoms with Crippen molar-refractivity contribution in [1.82, 2.24) is 0 Å². The summed E-state index contributed by atoms with van der Waals surface area (Å²) in [6.45, 7) is 9.27. The van der Waals surface area contributed by atoms with Crippen LogP contribution in [0.1, 0.15) is 91.9 Å². The van der Waals surface area contributed by atoms with Gasteiger partial charge >= 0.3 is 5.97 Å². The van der Waals surface area contributed by atoms with Crippen molar-refractivity contribution in [2.24, 2.45) is 45.8 Å². The van der Waals surface area contributed by atoms with Crippen LogP contribution >= 0.6 is 0 Å². The average Bonchev–Trinajstić information content (AvgIpc) is 3.00. The minimum absolute atomic E-state index is 0.116. The Morgan fingerprint density at radius 2 is 1.72 bits per heavy atom. The number of carbonyl (C=O) groups excluding carboxylic acids is 2. The number of hydrogen-bond acceptors (Lipinski definition) is 3. The third-order valence-electron chi connectivity index (χ3n) is 10.5. The molecule has 4 aliphatic rings. The molecule has 4 rings (SSSR count). The van der Waals surface area contributed by atoms with Gasteiger partial charge in [-0.3, -0.25) is 14.4 Å². The second-order valence-electron chi connectivity index (χ2n) is 11.6. The summed E-state index contributed by atoms with van der Waals surface area (Å²) >= 11 is 0. The molecule has 2 unspecified atom stereocenters. The first-order valence-corrected chi connectivity index (χ1v) is 11.8. The molecule has 8 atom stereocenters. The van der Waals surface area contributed by atoms with E-state index < -0.39 is 5.97 Å². The predicted molar refractivity (Wildman–Crippen MR) is 111 cm³/mol. The van der Waals surface area contributed by atoms with Gasteiger partial charge in [-0.2, -0.15) is 0 Å². The molecule has 162 valence electrons. The van der Waals surface area contributed by atoms with Gasteiger partial charge < -0.3 is 5.11 Å². The molecule has 4 aliphatic carbocycles. The number of carboxylic acids is 1. The molecule has 29 heavy (non-hydrogen) atoms. The molecule has 0 aliphatic heterocycles. The molecule has 0 aromatic rings. The minimum atomic E-state index is -0.708. The topological polar surface area (TPSA) is 71.4 Å². The van der Waals surface area contributed by atoms with E-state index in [2.05, 4.69) is 27.7 Å². The van der Waals surface area contributed by atoms with Crippen LogP contribution in [0.25, 0.3) is 0 Å². The summed E-state index contributed by atoms with van der Waals surface area (Å²) in [5, 5.41) is 9.12. The number of carboxylic acid groups (broad SMARTS) is 1. The van der Waals surface area contributed by atoms with E-state index in [4.69, 9.17) is 5.11 Å². The third kappa shape index (κ3) is 2.95. The maximum atomic E-state index is 13.6. The van der Waals surface area contributed by atoms with E-state index in [1.165, 1.54) is 0 Å². The monoisotopic (exact) mass is 402 g/mol. The fourth-order valence-electron chi connectivity index (χ4n) is 8.93. The molecule has 4 fully saturated rings. The van der Waals surface area contributed by atoms with Crippen molar-refractivity contribution in [3.8, 4) is 0 Å². The summed E-state index contributed by atoms with van der Waals surface area (Å²) in [7, 11) is 0. The van der Waals surface area contributed by atoms with Gasteiger partial charge in [-0.05, 0) is 78.9 Å². The second kappa shape index (κ2) is 6.92. The molecule has 0 amide bonds. The summed E-state index contributed by atoms with van der Waals surface area (Å²) in [5.74, 6) is 1.97. The van der Waals surface area contributed by atoms with E-state index in [0.29, 0.717) is 54.5 Å². The SMILES string of the molecule is C[C@H](CCC(=O)O)[C@H]1CCC2[C@]3(C)C(=O)C[C@@H]4CC(=O)CC[C@]4(C)C3CC[C@@]21C. The number of ketones is 2. The minimum Gasteiger partial charge on any atom is -0.481 e. The van der Waals surface area contributed by atoms with Gasteiger partial charge in [-0.25, -0.2) is 0 Å². The fourth-order valence-corrected chi connectivity index (χ4v) is 8.93. The molecule has 4 heteroatoms. The third-order valence-corrected chi connectivity index (χ3v) is 10.5. The van der Waals surface area contributed by atoms with Gasteiger partial charge in [0.05, 0.1) is 0 Å². The van der Waals surface area contributed by atoms with Crippen LogP contribution in [-0.4, -0.2) is 22.6 Å². The van der Waals surface area contributed by atoms with Crippen LogP contribution in [0.2, 0.25) is 0 Å². The zero-order valence-corrected chi connectivity index (χ0v) is 18.6. The first kappa shape index (κ1) is 21.1. The first-order valence-electron chi connectivity index (χ1n) is 11.8. The van der Waals surface area contributed by atoms with Crippen LogP contribution in [0.3, 0.4) is 0 Å². The van der Waals surface area contributed by atoms with Crippen LogP contribution in [0.4, 0.5) is 0 Å². The molecule has 0 aromatic heterocycles. The van der Waals surface area contributed by atoms with Crippen molar-refractivity contribution >= 4 is 17.5 Å². The van der Waals surface area contributed by atoms with E-state index in [1.54, 1.807) is 0 Å². The molecular weight excluding hydrogens is 364 g/mol. The zero-order valence-electron chi connectivity index (χ0n) is 18.6. The number of fused-ring (bicyclic) bond motifs is 5. The van der Waals surface area contributed by atoms with Gasteiger partial charge in [0.2, 0.25) is 0 Å². The zero-order chi connectivity index (χ0) is 21.2. The lowest BCUT2D eigenvalue weighted by molar-refractivity contribution is -0.182. The predicted octanol–water partition coefficient (Wildman–Crippen LogP) is 5.28. The second-order valence-corrected chi connectivity index (χ2v) is 11.6. The van der Waals surface area contributed by atoms with Gasteiger partial charge in [0.15, 0.2) is 0 Å². The maximum absolute atomic E-state index is 13.6. The first-order chi connectivity index (χ1) is 13.5. The largest absolute Gasteiger partial charge is 0.481 e. The highest BCUT2D eigenvalue weighted by atomic mass is 16.4. The molecule has 0 heterocycles. The van der Waals surface area contributed by atoms with Crippen molar-refractivity contribution in [2.45, 2.75) is 91.9 Å². The summed E-state index contributed by atoms with van der Waals surface area (Å²) in [6.07, 6.45) is 8.24. The Hall–Kier alpha value is -1.19. The Bertz CT molecular complexity index is 728. The molecular formula is C25H38O4. The number of Topliss-reactive ketones (excluding diaryl/α,β-unsaturated/α-hetero) is 2. The average molecular weight is 403 g/mol. The normalized spacial score (nSPS) is 47.9. The summed E-state index contributed by atoms with van der Waals surface area (Å²) < 4.78 is 0. The highest BCUT2D eigenvalue weighted by molar-refractivity contribution is 5.89.